The number of fused-ring (bicyclic) bond motifs is 2. The highest BCUT2D eigenvalue weighted by atomic mass is 16.5. The molecule has 2 bridgehead atoms. The highest BCUT2D eigenvalue weighted by Gasteiger charge is 2.48. The van der Waals surface area contributed by atoms with E-state index in [2.05, 4.69) is 35.9 Å². The molecular weight excluding hydrogens is 330 g/mol. The number of nitrogens with zero attached hydrogens (tertiary/aromatic N) is 3. The third-order valence-corrected chi connectivity index (χ3v) is 5.53. The molecule has 4 rings (SSSR count). The zero-order valence-electron chi connectivity index (χ0n) is 15.5. The summed E-state index contributed by atoms with van der Waals surface area (Å²) < 4.78 is 5.52. The molecule has 0 aliphatic carbocycles. The first kappa shape index (κ1) is 17.1. The first-order valence-electron chi connectivity index (χ1n) is 9.01. The van der Waals surface area contributed by atoms with Crippen LogP contribution in [-0.4, -0.2) is 54.4 Å². The fourth-order valence-corrected chi connectivity index (χ4v) is 5.32. The minimum absolute atomic E-state index is 0.113. The molecule has 0 amide bonds. The van der Waals surface area contributed by atoms with Gasteiger partial charge < -0.3 is 19.4 Å². The summed E-state index contributed by atoms with van der Waals surface area (Å²) in [5.41, 5.74) is 1.12. The van der Waals surface area contributed by atoms with Crippen LogP contribution in [0, 0.1) is 10.8 Å². The van der Waals surface area contributed by atoms with E-state index < -0.39 is 5.97 Å². The van der Waals surface area contributed by atoms with Crippen molar-refractivity contribution in [2.24, 2.45) is 10.8 Å². The molecule has 1 aromatic carbocycles. The summed E-state index contributed by atoms with van der Waals surface area (Å²) in [6, 6.07) is 9.32. The number of aromatic carboxylic acids is 1. The van der Waals surface area contributed by atoms with Gasteiger partial charge in [0.15, 0.2) is 17.1 Å². The second kappa shape index (κ2) is 5.84. The van der Waals surface area contributed by atoms with Crippen molar-refractivity contribution < 1.29 is 14.4 Å². The van der Waals surface area contributed by atoms with Gasteiger partial charge >= 0.3 is 5.97 Å². The van der Waals surface area contributed by atoms with E-state index in [9.17, 15) is 9.90 Å². The summed E-state index contributed by atoms with van der Waals surface area (Å²) in [7, 11) is 2.16. The van der Waals surface area contributed by atoms with Gasteiger partial charge in [-0.3, -0.25) is 0 Å². The van der Waals surface area contributed by atoms with Gasteiger partial charge in [0, 0.05) is 31.7 Å². The highest BCUT2D eigenvalue weighted by Crippen LogP contribution is 2.47. The standard InChI is InChI=1S/C20H25N3O3/c1-19-9-20(2,11-22(3)10-19)13-23(12-19)17-15(18(24)25)16(26-21-17)14-7-5-4-6-8-14/h4-8H,9-13H2,1-3H3,(H,24,25). The van der Waals surface area contributed by atoms with Crippen molar-refractivity contribution in [1.29, 1.82) is 0 Å². The van der Waals surface area contributed by atoms with Crippen molar-refractivity contribution >= 4 is 11.8 Å². The van der Waals surface area contributed by atoms with Gasteiger partial charge in [0.1, 0.15) is 0 Å². The van der Waals surface area contributed by atoms with E-state index >= 15 is 0 Å². The van der Waals surface area contributed by atoms with Gasteiger partial charge in [0.2, 0.25) is 0 Å². The lowest BCUT2D eigenvalue weighted by Crippen LogP contribution is -2.61. The van der Waals surface area contributed by atoms with Crippen molar-refractivity contribution in [3.8, 4) is 11.3 Å². The Balaban J connectivity index is 1.75. The average Bonchev–Trinajstić information content (AvgIpc) is 2.98. The topological polar surface area (TPSA) is 69.8 Å². The molecule has 2 saturated heterocycles. The molecule has 2 unspecified atom stereocenters. The van der Waals surface area contributed by atoms with Gasteiger partial charge in [-0.25, -0.2) is 4.79 Å². The van der Waals surface area contributed by atoms with Crippen molar-refractivity contribution in [3.63, 3.8) is 0 Å². The number of rotatable bonds is 3. The molecule has 2 aliphatic rings. The van der Waals surface area contributed by atoms with Crippen LogP contribution in [0.25, 0.3) is 11.3 Å². The number of aromatic nitrogens is 1. The summed E-state index contributed by atoms with van der Waals surface area (Å²) >= 11 is 0. The average molecular weight is 355 g/mol. The summed E-state index contributed by atoms with van der Waals surface area (Å²) in [5.74, 6) is -0.211. The van der Waals surface area contributed by atoms with Crippen LogP contribution in [0.4, 0.5) is 5.82 Å². The van der Waals surface area contributed by atoms with Crippen LogP contribution in [0.15, 0.2) is 34.9 Å². The molecule has 0 radical (unpaired) electrons. The lowest BCUT2D eigenvalue weighted by atomic mass is 9.65. The smallest absolute Gasteiger partial charge is 0.343 e. The van der Waals surface area contributed by atoms with E-state index in [1.165, 1.54) is 0 Å². The lowest BCUT2D eigenvalue weighted by molar-refractivity contribution is 0.00478. The molecule has 1 N–H and O–H groups in total. The molecular formula is C20H25N3O3. The third kappa shape index (κ3) is 2.88. The summed E-state index contributed by atoms with van der Waals surface area (Å²) in [6.07, 6.45) is 1.15. The van der Waals surface area contributed by atoms with Crippen molar-refractivity contribution in [2.75, 3.05) is 38.1 Å². The zero-order valence-corrected chi connectivity index (χ0v) is 15.5. The molecule has 0 spiro atoms. The Morgan fingerprint density at radius 3 is 2.31 bits per heavy atom. The number of hydrogen-bond donors (Lipinski definition) is 1. The first-order chi connectivity index (χ1) is 12.3. The van der Waals surface area contributed by atoms with Gasteiger partial charge in [-0.05, 0) is 24.3 Å². The molecule has 6 nitrogen and oxygen atoms in total. The van der Waals surface area contributed by atoms with Crippen LogP contribution in [-0.2, 0) is 0 Å². The molecule has 3 heterocycles. The number of carboxylic acid groups (broad SMARTS) is 1. The second-order valence-corrected chi connectivity index (χ2v) is 8.71. The summed E-state index contributed by atoms with van der Waals surface area (Å²) in [6.45, 7) is 8.15. The molecule has 2 aromatic rings. The largest absolute Gasteiger partial charge is 0.477 e. The number of hydrogen-bond acceptors (Lipinski definition) is 5. The highest BCUT2D eigenvalue weighted by molar-refractivity contribution is 5.99. The van der Waals surface area contributed by atoms with Gasteiger partial charge in [0.05, 0.1) is 0 Å². The normalized spacial score (nSPS) is 29.0. The summed E-state index contributed by atoms with van der Waals surface area (Å²) in [5, 5.41) is 14.1. The Kier molecular flexibility index (Phi) is 3.84. The number of likely N-dealkylation sites (tertiary alicyclic amines) is 1. The van der Waals surface area contributed by atoms with Crippen LogP contribution >= 0.6 is 0 Å². The minimum atomic E-state index is -0.997. The maximum absolute atomic E-state index is 12.0. The van der Waals surface area contributed by atoms with E-state index in [1.54, 1.807) is 0 Å². The van der Waals surface area contributed by atoms with Crippen LogP contribution in [0.3, 0.4) is 0 Å². The van der Waals surface area contributed by atoms with Crippen molar-refractivity contribution in [1.82, 2.24) is 10.1 Å². The zero-order chi connectivity index (χ0) is 18.5. The maximum atomic E-state index is 12.0. The number of carboxylic acids is 1. The molecule has 1 aromatic heterocycles. The quantitative estimate of drug-likeness (QED) is 0.912. The van der Waals surface area contributed by atoms with Gasteiger partial charge in [0.25, 0.3) is 0 Å². The van der Waals surface area contributed by atoms with E-state index in [-0.39, 0.29) is 16.4 Å². The van der Waals surface area contributed by atoms with Gasteiger partial charge in [-0.1, -0.05) is 49.3 Å². The first-order valence-corrected chi connectivity index (χ1v) is 9.01. The summed E-state index contributed by atoms with van der Waals surface area (Å²) in [4.78, 5) is 16.6. The van der Waals surface area contributed by atoms with Crippen molar-refractivity contribution in [3.05, 3.63) is 35.9 Å². The lowest BCUT2D eigenvalue weighted by Gasteiger charge is -2.56. The van der Waals surface area contributed by atoms with Gasteiger partial charge in [-0.15, -0.1) is 0 Å². The molecule has 2 aliphatic heterocycles. The maximum Gasteiger partial charge on any atom is 0.343 e. The molecule has 2 atom stereocenters. The van der Waals surface area contributed by atoms with E-state index in [0.29, 0.717) is 11.6 Å². The predicted molar refractivity (Wildman–Crippen MR) is 99.4 cm³/mol. The Bertz CT molecular complexity index is 814. The Morgan fingerprint density at radius 2 is 1.73 bits per heavy atom. The molecule has 6 heteroatoms. The predicted octanol–water partition coefficient (Wildman–Crippen LogP) is 3.21. The van der Waals surface area contributed by atoms with E-state index in [0.717, 1.165) is 38.2 Å². The number of benzene rings is 1. The molecule has 2 fully saturated rings. The van der Waals surface area contributed by atoms with Crippen LogP contribution < -0.4 is 4.90 Å². The Hall–Kier alpha value is -2.34. The molecule has 0 saturated carbocycles. The fourth-order valence-electron chi connectivity index (χ4n) is 5.32. The van der Waals surface area contributed by atoms with E-state index in [1.807, 2.05) is 30.3 Å². The monoisotopic (exact) mass is 355 g/mol. The Morgan fingerprint density at radius 1 is 1.12 bits per heavy atom. The second-order valence-electron chi connectivity index (χ2n) is 8.71. The van der Waals surface area contributed by atoms with Crippen LogP contribution in [0.5, 0.6) is 0 Å². The van der Waals surface area contributed by atoms with Crippen LogP contribution in [0.1, 0.15) is 30.6 Å². The molecule has 138 valence electrons. The fraction of sp³-hybridized carbons (Fsp3) is 0.500. The van der Waals surface area contributed by atoms with Gasteiger partial charge in [-0.2, -0.15) is 0 Å². The number of piperidine rings is 2. The third-order valence-electron chi connectivity index (χ3n) is 5.53. The Labute approximate surface area is 153 Å². The number of anilines is 1. The van der Waals surface area contributed by atoms with E-state index in [4.69, 9.17) is 4.52 Å². The number of carbonyl (C=O) groups is 1. The molecule has 26 heavy (non-hydrogen) atoms. The van der Waals surface area contributed by atoms with Crippen molar-refractivity contribution in [2.45, 2.75) is 20.3 Å². The minimum Gasteiger partial charge on any atom is -0.477 e. The SMILES string of the molecule is CN1CC2(C)CN(c3noc(-c4ccccc4)c3C(=O)O)CC(C)(C1)C2. The van der Waals surface area contributed by atoms with Crippen LogP contribution in [0.2, 0.25) is 0 Å².